The van der Waals surface area contributed by atoms with E-state index >= 15 is 0 Å². The number of amides is 3. The van der Waals surface area contributed by atoms with Crippen molar-refractivity contribution >= 4 is 41.0 Å². The molecule has 2 atom stereocenters. The first kappa shape index (κ1) is 15.5. The van der Waals surface area contributed by atoms with E-state index < -0.39 is 6.04 Å². The minimum absolute atomic E-state index is 0.144. The van der Waals surface area contributed by atoms with Crippen molar-refractivity contribution in [3.05, 3.63) is 64.7 Å². The zero-order valence-corrected chi connectivity index (χ0v) is 14.6. The molecule has 2 fully saturated rings. The van der Waals surface area contributed by atoms with Crippen LogP contribution >= 0.6 is 23.4 Å². The Balaban J connectivity index is 1.69. The Kier molecular flexibility index (Phi) is 3.77. The lowest BCUT2D eigenvalue weighted by molar-refractivity contribution is -0.119. The Morgan fingerprint density at radius 2 is 1.88 bits per heavy atom. The van der Waals surface area contributed by atoms with Gasteiger partial charge in [-0.1, -0.05) is 35.9 Å². The van der Waals surface area contributed by atoms with Crippen LogP contribution in [0.5, 0.6) is 0 Å². The largest absolute Gasteiger partial charge is 0.333 e. The molecule has 2 saturated heterocycles. The summed E-state index contributed by atoms with van der Waals surface area (Å²) in [4.78, 5) is 28.7. The molecule has 0 N–H and O–H groups in total. The van der Waals surface area contributed by atoms with Gasteiger partial charge in [-0.2, -0.15) is 0 Å². The lowest BCUT2D eigenvalue weighted by atomic mass is 10.2. The Morgan fingerprint density at radius 1 is 1.12 bits per heavy atom. The monoisotopic (exact) mass is 358 g/mol. The van der Waals surface area contributed by atoms with Gasteiger partial charge < -0.3 is 0 Å². The van der Waals surface area contributed by atoms with E-state index in [-0.39, 0.29) is 17.3 Å². The number of benzene rings is 2. The maximum Gasteiger partial charge on any atom is 0.333 e. The van der Waals surface area contributed by atoms with Gasteiger partial charge in [0.25, 0.3) is 5.91 Å². The third-order valence-corrected chi connectivity index (χ3v) is 5.91. The lowest BCUT2D eigenvalue weighted by Gasteiger charge is -2.23. The van der Waals surface area contributed by atoms with E-state index in [2.05, 4.69) is 0 Å². The normalized spacial score (nSPS) is 23.1. The number of urea groups is 1. The van der Waals surface area contributed by atoms with Crippen molar-refractivity contribution in [1.29, 1.82) is 0 Å². The molecule has 122 valence electrons. The molecular weight excluding hydrogens is 344 g/mol. The van der Waals surface area contributed by atoms with Gasteiger partial charge in [-0.3, -0.25) is 9.69 Å². The highest BCUT2D eigenvalue weighted by molar-refractivity contribution is 7.99. The van der Waals surface area contributed by atoms with E-state index in [4.69, 9.17) is 11.6 Å². The van der Waals surface area contributed by atoms with Gasteiger partial charge in [0.15, 0.2) is 0 Å². The molecule has 0 aliphatic carbocycles. The van der Waals surface area contributed by atoms with Gasteiger partial charge in [0.05, 0.1) is 5.69 Å². The first-order valence-corrected chi connectivity index (χ1v) is 9.09. The molecule has 0 unspecified atom stereocenters. The number of thioether (sulfide) groups is 1. The summed E-state index contributed by atoms with van der Waals surface area (Å²) in [5.74, 6) is 0.467. The molecule has 0 aromatic heterocycles. The molecule has 3 amide bonds. The average molecular weight is 359 g/mol. The predicted octanol–water partition coefficient (Wildman–Crippen LogP) is 4.23. The first-order valence-electron chi connectivity index (χ1n) is 7.66. The summed E-state index contributed by atoms with van der Waals surface area (Å²) in [6, 6.07) is 14.3. The highest BCUT2D eigenvalue weighted by atomic mass is 35.5. The van der Waals surface area contributed by atoms with Crippen molar-refractivity contribution in [3.63, 3.8) is 0 Å². The highest BCUT2D eigenvalue weighted by Crippen LogP contribution is 2.46. The van der Waals surface area contributed by atoms with Crippen LogP contribution in [0, 0.1) is 6.92 Å². The fourth-order valence-electron chi connectivity index (χ4n) is 3.18. The Morgan fingerprint density at radius 3 is 2.58 bits per heavy atom. The lowest BCUT2D eigenvalue weighted by Crippen LogP contribution is -2.33. The molecule has 4 nitrogen and oxygen atoms in total. The molecule has 2 aromatic rings. The van der Waals surface area contributed by atoms with Crippen LogP contribution < -0.4 is 4.90 Å². The molecule has 2 heterocycles. The van der Waals surface area contributed by atoms with E-state index in [9.17, 15) is 9.59 Å². The number of carbonyl (C=O) groups excluding carboxylic acids is 2. The fourth-order valence-corrected chi connectivity index (χ4v) is 4.72. The van der Waals surface area contributed by atoms with E-state index in [1.807, 2.05) is 49.4 Å². The number of rotatable bonds is 2. The van der Waals surface area contributed by atoms with Crippen molar-refractivity contribution in [2.75, 3.05) is 10.7 Å². The van der Waals surface area contributed by atoms with Crippen LogP contribution in [0.15, 0.2) is 48.5 Å². The molecule has 0 bridgehead atoms. The number of hydrogen-bond acceptors (Lipinski definition) is 3. The Bertz CT molecular complexity index is 824. The standard InChI is InChI=1S/C18H15ClN2O2S/c1-11-3-2-4-14(9-11)20-16(22)15-10-24-17(21(15)18(20)23)12-5-7-13(19)8-6-12/h2-9,15,17H,10H2,1H3/t15-,17+/m1/s1. The third kappa shape index (κ3) is 2.39. The quantitative estimate of drug-likeness (QED) is 0.754. The molecule has 0 radical (unpaired) electrons. The predicted molar refractivity (Wildman–Crippen MR) is 96.3 cm³/mol. The van der Waals surface area contributed by atoms with Crippen molar-refractivity contribution < 1.29 is 9.59 Å². The van der Waals surface area contributed by atoms with Gasteiger partial charge in [0, 0.05) is 10.8 Å². The maximum atomic E-state index is 13.0. The summed E-state index contributed by atoms with van der Waals surface area (Å²) >= 11 is 7.57. The number of carbonyl (C=O) groups is 2. The SMILES string of the molecule is Cc1cccc(N2C(=O)[C@H]3CS[C@@H](c4ccc(Cl)cc4)N3C2=O)c1. The number of nitrogens with zero attached hydrogens (tertiary/aromatic N) is 2. The zero-order chi connectivity index (χ0) is 16.8. The van der Waals surface area contributed by atoms with Gasteiger partial charge in [0.2, 0.25) is 0 Å². The van der Waals surface area contributed by atoms with E-state index in [0.717, 1.165) is 11.1 Å². The van der Waals surface area contributed by atoms with Crippen molar-refractivity contribution in [2.24, 2.45) is 0 Å². The number of halogens is 1. The van der Waals surface area contributed by atoms with Crippen LogP contribution in [0.25, 0.3) is 0 Å². The molecule has 24 heavy (non-hydrogen) atoms. The second-order valence-electron chi connectivity index (χ2n) is 5.96. The summed E-state index contributed by atoms with van der Waals surface area (Å²) < 4.78 is 0. The summed E-state index contributed by atoms with van der Waals surface area (Å²) in [5.41, 5.74) is 2.64. The van der Waals surface area contributed by atoms with E-state index in [0.29, 0.717) is 16.5 Å². The Labute approximate surface area is 149 Å². The van der Waals surface area contributed by atoms with E-state index in [1.165, 1.54) is 4.90 Å². The van der Waals surface area contributed by atoms with Crippen LogP contribution in [0.2, 0.25) is 5.02 Å². The second-order valence-corrected chi connectivity index (χ2v) is 7.51. The third-order valence-electron chi connectivity index (χ3n) is 4.33. The minimum Gasteiger partial charge on any atom is -0.295 e. The number of anilines is 1. The topological polar surface area (TPSA) is 40.6 Å². The molecule has 6 heteroatoms. The fraction of sp³-hybridized carbons (Fsp3) is 0.222. The van der Waals surface area contributed by atoms with Crippen LogP contribution in [0.4, 0.5) is 10.5 Å². The number of fused-ring (bicyclic) bond motifs is 1. The average Bonchev–Trinajstić information content (AvgIpc) is 3.09. The van der Waals surface area contributed by atoms with Crippen molar-refractivity contribution in [2.45, 2.75) is 18.3 Å². The van der Waals surface area contributed by atoms with Crippen LogP contribution in [0.1, 0.15) is 16.5 Å². The molecule has 0 saturated carbocycles. The molecule has 2 aliphatic rings. The first-order chi connectivity index (χ1) is 11.6. The summed E-state index contributed by atoms with van der Waals surface area (Å²) in [7, 11) is 0. The van der Waals surface area contributed by atoms with Crippen molar-refractivity contribution in [1.82, 2.24) is 4.90 Å². The van der Waals surface area contributed by atoms with Crippen LogP contribution in [0.3, 0.4) is 0 Å². The van der Waals surface area contributed by atoms with E-state index in [1.54, 1.807) is 22.7 Å². The molecule has 4 rings (SSSR count). The molecular formula is C18H15ClN2O2S. The van der Waals surface area contributed by atoms with Gasteiger partial charge in [-0.25, -0.2) is 9.69 Å². The number of hydrogen-bond donors (Lipinski definition) is 0. The van der Waals surface area contributed by atoms with Crippen molar-refractivity contribution in [3.8, 4) is 0 Å². The maximum absolute atomic E-state index is 13.0. The van der Waals surface area contributed by atoms with Gasteiger partial charge >= 0.3 is 6.03 Å². The number of imide groups is 1. The summed E-state index contributed by atoms with van der Waals surface area (Å²) in [5, 5.41) is 0.502. The van der Waals surface area contributed by atoms with Gasteiger partial charge in [-0.05, 0) is 42.3 Å². The highest BCUT2D eigenvalue weighted by Gasteiger charge is 2.53. The van der Waals surface area contributed by atoms with Gasteiger partial charge in [0.1, 0.15) is 11.4 Å². The zero-order valence-electron chi connectivity index (χ0n) is 13.0. The van der Waals surface area contributed by atoms with Crippen LogP contribution in [-0.4, -0.2) is 28.6 Å². The van der Waals surface area contributed by atoms with Crippen LogP contribution in [-0.2, 0) is 4.79 Å². The summed E-state index contributed by atoms with van der Waals surface area (Å²) in [6.07, 6.45) is 0. The molecule has 2 aromatic carbocycles. The molecule has 0 spiro atoms. The van der Waals surface area contributed by atoms with Gasteiger partial charge in [-0.15, -0.1) is 11.8 Å². The number of aryl methyl sites for hydroxylation is 1. The second kappa shape index (κ2) is 5.83. The Hall–Kier alpha value is -1.98. The minimum atomic E-state index is -0.399. The summed E-state index contributed by atoms with van der Waals surface area (Å²) in [6.45, 7) is 1.95. The smallest absolute Gasteiger partial charge is 0.295 e. The molecule has 2 aliphatic heterocycles.